The van der Waals surface area contributed by atoms with Gasteiger partial charge in [0.05, 0.1) is 25.0 Å². The van der Waals surface area contributed by atoms with E-state index >= 15 is 0 Å². The summed E-state index contributed by atoms with van der Waals surface area (Å²) in [7, 11) is 0. The average Bonchev–Trinajstić information content (AvgIpc) is 2.91. The van der Waals surface area contributed by atoms with Crippen molar-refractivity contribution in [2.45, 2.75) is 44.2 Å². The number of quaternary nitrogens is 1. The van der Waals surface area contributed by atoms with Crippen LogP contribution >= 0.6 is 0 Å². The molecule has 0 radical (unpaired) electrons. The molecule has 2 aliphatic heterocycles. The lowest BCUT2D eigenvalue weighted by Gasteiger charge is -2.45. The van der Waals surface area contributed by atoms with Crippen LogP contribution < -0.4 is 16.2 Å². The van der Waals surface area contributed by atoms with Crippen molar-refractivity contribution in [2.75, 3.05) is 26.2 Å². The van der Waals surface area contributed by atoms with Crippen molar-refractivity contribution in [3.05, 3.63) is 70.0 Å². The quantitative estimate of drug-likeness (QED) is 0.553. The van der Waals surface area contributed by atoms with E-state index in [9.17, 15) is 14.4 Å². The Morgan fingerprint density at radius 2 is 1.66 bits per heavy atom. The van der Waals surface area contributed by atoms with E-state index < -0.39 is 5.54 Å². The molecule has 5 rings (SSSR count). The Balaban J connectivity index is 1.25. The number of nitrogens with two attached hydrogens (primary N) is 1. The van der Waals surface area contributed by atoms with Crippen molar-refractivity contribution in [3.8, 4) is 0 Å². The molecule has 35 heavy (non-hydrogen) atoms. The summed E-state index contributed by atoms with van der Waals surface area (Å²) in [4.78, 5) is 41.4. The zero-order chi connectivity index (χ0) is 24.4. The van der Waals surface area contributed by atoms with E-state index in [-0.39, 0.29) is 23.9 Å². The zero-order valence-electron chi connectivity index (χ0n) is 19.8. The van der Waals surface area contributed by atoms with Gasteiger partial charge in [-0.2, -0.15) is 0 Å². The fourth-order valence-electron chi connectivity index (χ4n) is 5.56. The van der Waals surface area contributed by atoms with E-state index in [1.165, 1.54) is 16.0 Å². The number of hydrogen-bond donors (Lipinski definition) is 2. The lowest BCUT2D eigenvalue weighted by Crippen LogP contribution is -3.22. The van der Waals surface area contributed by atoms with Crippen molar-refractivity contribution in [1.29, 1.82) is 0 Å². The van der Waals surface area contributed by atoms with Crippen molar-refractivity contribution >= 4 is 22.7 Å². The van der Waals surface area contributed by atoms with Gasteiger partial charge in [-0.3, -0.25) is 14.4 Å². The average molecular weight is 476 g/mol. The van der Waals surface area contributed by atoms with Crippen LogP contribution in [-0.4, -0.2) is 63.4 Å². The molecule has 0 saturated carbocycles. The standard InChI is InChI=1S/C26H30N6O3/c27-25(35)26(31-14-4-1-5-15-31)12-16-30(17-13-26)23(33)20-10-8-19(9-11-20)18-32-24(34)21-6-2-3-7-22(21)28-29-32/h2-3,6-11H,1,4-5,12-18H2,(H2,27,35)/p+1. The van der Waals surface area contributed by atoms with E-state index in [2.05, 4.69) is 10.3 Å². The topological polar surface area (TPSA) is 116 Å². The van der Waals surface area contributed by atoms with E-state index in [0.717, 1.165) is 31.5 Å². The molecular weight excluding hydrogens is 444 g/mol. The Bertz CT molecular complexity index is 1290. The Hall–Kier alpha value is -3.59. The summed E-state index contributed by atoms with van der Waals surface area (Å²) >= 11 is 0. The van der Waals surface area contributed by atoms with Gasteiger partial charge in [-0.15, -0.1) is 5.10 Å². The number of primary amides is 1. The zero-order valence-corrected chi connectivity index (χ0v) is 19.8. The Morgan fingerprint density at radius 1 is 0.971 bits per heavy atom. The predicted molar refractivity (Wildman–Crippen MR) is 131 cm³/mol. The van der Waals surface area contributed by atoms with Gasteiger partial charge >= 0.3 is 0 Å². The molecule has 3 N–H and O–H groups in total. The molecule has 0 spiro atoms. The number of aromatic nitrogens is 3. The second-order valence-electron chi connectivity index (χ2n) is 9.67. The van der Waals surface area contributed by atoms with Crippen molar-refractivity contribution in [1.82, 2.24) is 19.9 Å². The number of piperidine rings is 2. The molecule has 3 aromatic rings. The Kier molecular flexibility index (Phi) is 6.34. The van der Waals surface area contributed by atoms with Crippen LogP contribution in [0.4, 0.5) is 0 Å². The molecule has 3 heterocycles. The lowest BCUT2D eigenvalue weighted by molar-refractivity contribution is -0.948. The van der Waals surface area contributed by atoms with Crippen LogP contribution in [0.5, 0.6) is 0 Å². The first kappa shape index (κ1) is 23.2. The number of nitrogens with zero attached hydrogens (tertiary/aromatic N) is 4. The summed E-state index contributed by atoms with van der Waals surface area (Å²) < 4.78 is 1.33. The highest BCUT2D eigenvalue weighted by Gasteiger charge is 2.49. The maximum atomic E-state index is 13.2. The molecule has 9 heteroatoms. The summed E-state index contributed by atoms with van der Waals surface area (Å²) in [6, 6.07) is 14.4. The smallest absolute Gasteiger partial charge is 0.278 e. The second-order valence-corrected chi connectivity index (χ2v) is 9.67. The number of rotatable bonds is 5. The van der Waals surface area contributed by atoms with Crippen LogP contribution in [0, 0.1) is 0 Å². The maximum absolute atomic E-state index is 13.2. The first-order valence-electron chi connectivity index (χ1n) is 12.3. The molecule has 2 amide bonds. The van der Waals surface area contributed by atoms with Crippen LogP contribution in [0.3, 0.4) is 0 Å². The molecule has 2 fully saturated rings. The summed E-state index contributed by atoms with van der Waals surface area (Å²) in [6.45, 7) is 3.27. The van der Waals surface area contributed by atoms with Gasteiger partial charge in [0, 0.05) is 31.5 Å². The van der Waals surface area contributed by atoms with Gasteiger partial charge in [0.1, 0.15) is 5.52 Å². The SMILES string of the molecule is NC(=O)C1([NH+]2CCCCC2)CCN(C(=O)c2ccc(Cn3nnc4ccccc4c3=O)cc2)CC1. The van der Waals surface area contributed by atoms with Crippen LogP contribution in [0.1, 0.15) is 48.0 Å². The van der Waals surface area contributed by atoms with E-state index in [1.807, 2.05) is 23.1 Å². The molecule has 182 valence electrons. The van der Waals surface area contributed by atoms with E-state index in [0.29, 0.717) is 42.4 Å². The summed E-state index contributed by atoms with van der Waals surface area (Å²) in [6.07, 6.45) is 4.66. The maximum Gasteiger partial charge on any atom is 0.278 e. The van der Waals surface area contributed by atoms with Gasteiger partial charge in [0.2, 0.25) is 0 Å². The van der Waals surface area contributed by atoms with Gasteiger partial charge in [-0.25, -0.2) is 4.68 Å². The van der Waals surface area contributed by atoms with Gasteiger partial charge < -0.3 is 15.5 Å². The monoisotopic (exact) mass is 475 g/mol. The van der Waals surface area contributed by atoms with Crippen LogP contribution in [0.15, 0.2) is 53.3 Å². The largest absolute Gasteiger partial charge is 0.364 e. The highest BCUT2D eigenvalue weighted by atomic mass is 16.2. The fraction of sp³-hybridized carbons (Fsp3) is 0.423. The first-order chi connectivity index (χ1) is 17.0. The Labute approximate surface area is 203 Å². The predicted octanol–water partition coefficient (Wildman–Crippen LogP) is 0.369. The third-order valence-electron chi connectivity index (χ3n) is 7.67. The number of carbonyl (C=O) groups excluding carboxylic acids is 2. The van der Waals surface area contributed by atoms with E-state index in [4.69, 9.17) is 5.73 Å². The van der Waals surface area contributed by atoms with Crippen molar-refractivity contribution in [2.24, 2.45) is 5.73 Å². The molecule has 0 aliphatic carbocycles. The normalized spacial score (nSPS) is 18.5. The molecule has 0 bridgehead atoms. The molecule has 2 aliphatic rings. The number of fused-ring (bicyclic) bond motifs is 1. The molecule has 0 unspecified atom stereocenters. The first-order valence-corrected chi connectivity index (χ1v) is 12.3. The molecular formula is C26H31N6O3+. The lowest BCUT2D eigenvalue weighted by atomic mass is 9.83. The molecule has 2 aromatic carbocycles. The minimum absolute atomic E-state index is 0.0501. The summed E-state index contributed by atoms with van der Waals surface area (Å²) in [5.41, 5.74) is 7.14. The number of likely N-dealkylation sites (tertiary alicyclic amines) is 2. The van der Waals surface area contributed by atoms with Crippen LogP contribution in [0.25, 0.3) is 10.9 Å². The molecule has 2 saturated heterocycles. The molecule has 0 atom stereocenters. The summed E-state index contributed by atoms with van der Waals surface area (Å²) in [5, 5.41) is 8.68. The number of nitrogens with one attached hydrogen (secondary N) is 1. The second kappa shape index (κ2) is 9.58. The summed E-state index contributed by atoms with van der Waals surface area (Å²) in [5.74, 6) is -0.288. The number of amides is 2. The van der Waals surface area contributed by atoms with Crippen molar-refractivity contribution in [3.63, 3.8) is 0 Å². The van der Waals surface area contributed by atoms with Gasteiger partial charge in [0.25, 0.3) is 17.4 Å². The van der Waals surface area contributed by atoms with Gasteiger partial charge in [-0.05, 0) is 49.1 Å². The number of carbonyl (C=O) groups is 2. The number of hydrogen-bond acceptors (Lipinski definition) is 5. The van der Waals surface area contributed by atoms with Crippen LogP contribution in [0.2, 0.25) is 0 Å². The van der Waals surface area contributed by atoms with Gasteiger partial charge in [-0.1, -0.05) is 29.5 Å². The van der Waals surface area contributed by atoms with Crippen LogP contribution in [-0.2, 0) is 11.3 Å². The molecule has 1 aromatic heterocycles. The Morgan fingerprint density at radius 3 is 2.34 bits per heavy atom. The minimum atomic E-state index is -0.560. The number of benzene rings is 2. The molecule has 9 nitrogen and oxygen atoms in total. The third kappa shape index (κ3) is 4.43. The third-order valence-corrected chi connectivity index (χ3v) is 7.67. The highest BCUT2D eigenvalue weighted by molar-refractivity contribution is 5.94. The van der Waals surface area contributed by atoms with Gasteiger partial charge in [0.15, 0.2) is 5.54 Å². The fourth-order valence-corrected chi connectivity index (χ4v) is 5.56. The minimum Gasteiger partial charge on any atom is -0.364 e. The highest BCUT2D eigenvalue weighted by Crippen LogP contribution is 2.22. The van der Waals surface area contributed by atoms with Crippen molar-refractivity contribution < 1.29 is 14.5 Å². The van der Waals surface area contributed by atoms with E-state index in [1.54, 1.807) is 30.3 Å².